The van der Waals surface area contributed by atoms with Crippen molar-refractivity contribution < 1.29 is 9.53 Å². The average molecular weight is 319 g/mol. The van der Waals surface area contributed by atoms with Crippen LogP contribution in [0.25, 0.3) is 0 Å². The molecular weight excluding hydrogens is 294 g/mol. The van der Waals surface area contributed by atoms with Crippen molar-refractivity contribution >= 4 is 5.91 Å². The number of carbonyl (C=O) groups is 1. The maximum absolute atomic E-state index is 12.3. The highest BCUT2D eigenvalue weighted by atomic mass is 16.5. The van der Waals surface area contributed by atoms with Gasteiger partial charge in [0.15, 0.2) is 0 Å². The summed E-state index contributed by atoms with van der Waals surface area (Å²) in [6.45, 7) is 4.52. The molecule has 1 heterocycles. The van der Waals surface area contributed by atoms with E-state index in [-0.39, 0.29) is 35.6 Å². The first-order valence-electron chi connectivity index (χ1n) is 8.51. The largest absolute Gasteiger partial charge is 0.378 e. The predicted octanol–water partition coefficient (Wildman–Crippen LogP) is 1.41. The second-order valence-corrected chi connectivity index (χ2v) is 6.71. The summed E-state index contributed by atoms with van der Waals surface area (Å²) in [5.74, 6) is -0.142. The monoisotopic (exact) mass is 319 g/mol. The summed E-state index contributed by atoms with van der Waals surface area (Å²) in [5.41, 5.74) is 0.586. The van der Waals surface area contributed by atoms with Gasteiger partial charge in [0, 0.05) is 24.1 Å². The number of hydrogen-bond donors (Lipinski definition) is 1. The molecule has 126 valence electrons. The number of ether oxygens (including phenoxy) is 1. The van der Waals surface area contributed by atoms with Crippen LogP contribution in [0.4, 0.5) is 0 Å². The molecule has 0 saturated heterocycles. The van der Waals surface area contributed by atoms with Crippen molar-refractivity contribution in [2.45, 2.75) is 64.6 Å². The first kappa shape index (κ1) is 16.2. The molecule has 1 spiro atoms. The third kappa shape index (κ3) is 3.04. The number of nitrogens with zero attached hydrogens (tertiary/aromatic N) is 2. The molecule has 0 radical (unpaired) electrons. The van der Waals surface area contributed by atoms with Crippen molar-refractivity contribution in [2.24, 2.45) is 5.41 Å². The van der Waals surface area contributed by atoms with Gasteiger partial charge in [0.2, 0.25) is 5.91 Å². The number of hydrogen-bond acceptors (Lipinski definition) is 4. The van der Waals surface area contributed by atoms with Gasteiger partial charge >= 0.3 is 0 Å². The fourth-order valence-corrected chi connectivity index (χ4v) is 4.13. The molecule has 2 saturated carbocycles. The highest BCUT2D eigenvalue weighted by Crippen LogP contribution is 2.54. The molecule has 2 aliphatic rings. The van der Waals surface area contributed by atoms with Crippen LogP contribution in [0.1, 0.15) is 44.7 Å². The van der Waals surface area contributed by atoms with Crippen molar-refractivity contribution in [1.82, 2.24) is 15.1 Å². The summed E-state index contributed by atoms with van der Waals surface area (Å²) >= 11 is 0. The quantitative estimate of drug-likeness (QED) is 0.890. The lowest BCUT2D eigenvalue weighted by Gasteiger charge is -2.54. The van der Waals surface area contributed by atoms with Crippen molar-refractivity contribution in [3.8, 4) is 0 Å². The Bertz CT molecular complexity index is 634. The molecule has 1 aromatic rings. The first-order chi connectivity index (χ1) is 11.0. The minimum absolute atomic E-state index is 0.0214. The number of rotatable bonds is 5. The number of nitrogens with one attached hydrogen (secondary N) is 1. The van der Waals surface area contributed by atoms with Crippen LogP contribution in [-0.2, 0) is 16.1 Å². The SMILES string of the molecule is CCOC1CC(NC(=O)Cn2nc(C)ccc2=O)C12CCCC2. The molecular formula is C17H25N3O3. The number of carbonyl (C=O) groups excluding carboxylic acids is 1. The second kappa shape index (κ2) is 6.43. The second-order valence-electron chi connectivity index (χ2n) is 6.71. The molecule has 6 heteroatoms. The molecule has 0 bridgehead atoms. The Morgan fingerprint density at radius 2 is 2.17 bits per heavy atom. The number of aryl methyl sites for hydroxylation is 1. The normalized spacial score (nSPS) is 25.3. The van der Waals surface area contributed by atoms with Gasteiger partial charge in [-0.2, -0.15) is 5.10 Å². The van der Waals surface area contributed by atoms with Gasteiger partial charge in [0.1, 0.15) is 6.54 Å². The lowest BCUT2D eigenvalue weighted by Crippen LogP contribution is -2.64. The molecule has 2 unspecified atom stereocenters. The van der Waals surface area contributed by atoms with Crippen LogP contribution in [-0.4, -0.2) is 34.4 Å². The summed E-state index contributed by atoms with van der Waals surface area (Å²) in [4.78, 5) is 24.1. The highest BCUT2D eigenvalue weighted by Gasteiger charge is 2.57. The van der Waals surface area contributed by atoms with Gasteiger partial charge in [-0.05, 0) is 39.2 Å². The van der Waals surface area contributed by atoms with E-state index in [2.05, 4.69) is 10.4 Å². The third-order valence-corrected chi connectivity index (χ3v) is 5.32. The van der Waals surface area contributed by atoms with Crippen molar-refractivity contribution in [3.63, 3.8) is 0 Å². The van der Waals surface area contributed by atoms with E-state index in [0.717, 1.165) is 31.6 Å². The van der Waals surface area contributed by atoms with Crippen LogP contribution in [0, 0.1) is 12.3 Å². The summed E-state index contributed by atoms with van der Waals surface area (Å²) in [6, 6.07) is 3.26. The Balaban J connectivity index is 1.64. The van der Waals surface area contributed by atoms with Gasteiger partial charge in [0.25, 0.3) is 5.56 Å². The summed E-state index contributed by atoms with van der Waals surface area (Å²) in [5, 5.41) is 7.23. The summed E-state index contributed by atoms with van der Waals surface area (Å²) in [6.07, 6.45) is 5.77. The number of aromatic nitrogens is 2. The zero-order valence-electron chi connectivity index (χ0n) is 13.9. The summed E-state index contributed by atoms with van der Waals surface area (Å²) < 4.78 is 7.09. The van der Waals surface area contributed by atoms with Crippen molar-refractivity contribution in [1.29, 1.82) is 0 Å². The molecule has 1 aromatic heterocycles. The van der Waals surface area contributed by atoms with E-state index in [1.807, 2.05) is 6.92 Å². The van der Waals surface area contributed by atoms with E-state index < -0.39 is 0 Å². The fraction of sp³-hybridized carbons (Fsp3) is 0.706. The van der Waals surface area contributed by atoms with Crippen LogP contribution in [0.5, 0.6) is 0 Å². The molecule has 1 amide bonds. The lowest BCUT2D eigenvalue weighted by atomic mass is 9.60. The standard InChI is InChI=1S/C17H25N3O3/c1-3-23-14-10-13(17(14)8-4-5-9-17)18-15(21)11-20-16(22)7-6-12(2)19-20/h6-7,13-14H,3-5,8-11H2,1-2H3,(H,18,21). The van der Waals surface area contributed by atoms with Gasteiger partial charge in [-0.3, -0.25) is 9.59 Å². The maximum Gasteiger partial charge on any atom is 0.267 e. The van der Waals surface area contributed by atoms with Gasteiger partial charge in [-0.25, -0.2) is 4.68 Å². The number of amides is 1. The third-order valence-electron chi connectivity index (χ3n) is 5.32. The molecule has 3 rings (SSSR count). The van der Waals surface area contributed by atoms with E-state index in [9.17, 15) is 9.59 Å². The molecule has 0 aliphatic heterocycles. The van der Waals surface area contributed by atoms with Gasteiger partial charge in [0.05, 0.1) is 11.8 Å². The Morgan fingerprint density at radius 3 is 2.87 bits per heavy atom. The topological polar surface area (TPSA) is 73.2 Å². The zero-order chi connectivity index (χ0) is 16.4. The molecule has 2 atom stereocenters. The lowest BCUT2D eigenvalue weighted by molar-refractivity contribution is -0.144. The van der Waals surface area contributed by atoms with Gasteiger partial charge in [-0.15, -0.1) is 0 Å². The molecule has 1 N–H and O–H groups in total. The molecule has 6 nitrogen and oxygen atoms in total. The van der Waals surface area contributed by atoms with Crippen molar-refractivity contribution in [3.05, 3.63) is 28.2 Å². The van der Waals surface area contributed by atoms with E-state index in [0.29, 0.717) is 0 Å². The van der Waals surface area contributed by atoms with Crippen LogP contribution in [0.2, 0.25) is 0 Å². The van der Waals surface area contributed by atoms with Gasteiger partial charge in [-0.1, -0.05) is 12.8 Å². The Morgan fingerprint density at radius 1 is 1.43 bits per heavy atom. The average Bonchev–Trinajstić information content (AvgIpc) is 3.03. The van der Waals surface area contributed by atoms with Crippen LogP contribution < -0.4 is 10.9 Å². The molecule has 2 aliphatic carbocycles. The van der Waals surface area contributed by atoms with Gasteiger partial charge < -0.3 is 10.1 Å². The zero-order valence-corrected chi connectivity index (χ0v) is 13.9. The van der Waals surface area contributed by atoms with E-state index in [4.69, 9.17) is 4.74 Å². The van der Waals surface area contributed by atoms with Crippen molar-refractivity contribution in [2.75, 3.05) is 6.61 Å². The van der Waals surface area contributed by atoms with Crippen LogP contribution in [0.3, 0.4) is 0 Å². The Labute approximate surface area is 136 Å². The van der Waals surface area contributed by atoms with Crippen LogP contribution in [0.15, 0.2) is 16.9 Å². The van der Waals surface area contributed by atoms with E-state index in [1.54, 1.807) is 13.0 Å². The fourth-order valence-electron chi connectivity index (χ4n) is 4.13. The summed E-state index contributed by atoms with van der Waals surface area (Å²) in [7, 11) is 0. The van der Waals surface area contributed by atoms with Crippen LogP contribution >= 0.6 is 0 Å². The van der Waals surface area contributed by atoms with E-state index >= 15 is 0 Å². The minimum Gasteiger partial charge on any atom is -0.378 e. The smallest absolute Gasteiger partial charge is 0.267 e. The molecule has 2 fully saturated rings. The van der Waals surface area contributed by atoms with E-state index in [1.165, 1.54) is 23.6 Å². The Kier molecular flexibility index (Phi) is 4.53. The minimum atomic E-state index is -0.248. The highest BCUT2D eigenvalue weighted by molar-refractivity contribution is 5.76. The maximum atomic E-state index is 12.3. The first-order valence-corrected chi connectivity index (χ1v) is 8.51. The Hall–Kier alpha value is -1.69. The molecule has 0 aromatic carbocycles. The molecule has 23 heavy (non-hydrogen) atoms. The predicted molar refractivity (Wildman–Crippen MR) is 86.1 cm³/mol.